The molecule has 21 heavy (non-hydrogen) atoms. The topological polar surface area (TPSA) is 60.6 Å². The first-order valence-corrected chi connectivity index (χ1v) is 6.85. The maximum Gasteiger partial charge on any atom is 0.143 e. The number of aromatic nitrogens is 5. The third-order valence-corrected chi connectivity index (χ3v) is 3.85. The third kappa shape index (κ3) is 2.52. The van der Waals surface area contributed by atoms with E-state index in [2.05, 4.69) is 52.4 Å². The lowest BCUT2D eigenvalue weighted by Gasteiger charge is -2.11. The van der Waals surface area contributed by atoms with Crippen LogP contribution in [0.2, 0.25) is 0 Å². The Morgan fingerprint density at radius 3 is 2.67 bits per heavy atom. The molecule has 0 saturated heterocycles. The van der Waals surface area contributed by atoms with E-state index < -0.39 is 0 Å². The Kier molecular flexibility index (Phi) is 3.43. The van der Waals surface area contributed by atoms with Crippen molar-refractivity contribution in [2.75, 3.05) is 5.32 Å². The molecule has 0 bridgehead atoms. The zero-order valence-corrected chi connectivity index (χ0v) is 12.4. The first kappa shape index (κ1) is 13.4. The number of aryl methyl sites for hydroxylation is 1. The number of tetrazole rings is 1. The highest BCUT2D eigenvalue weighted by atomic mass is 15.5. The molecule has 6 heteroatoms. The Balaban J connectivity index is 1.84. The number of anilines is 1. The fraction of sp³-hybridized carbons (Fsp3) is 0.267. The molecule has 0 radical (unpaired) electrons. The van der Waals surface area contributed by atoms with E-state index in [-0.39, 0.29) is 0 Å². The lowest BCUT2D eigenvalue weighted by Crippen LogP contribution is -2.05. The summed E-state index contributed by atoms with van der Waals surface area (Å²) in [5.74, 6) is 0. The van der Waals surface area contributed by atoms with Gasteiger partial charge in [-0.15, -0.1) is 5.10 Å². The summed E-state index contributed by atoms with van der Waals surface area (Å²) in [5, 5.41) is 14.8. The largest absolute Gasteiger partial charge is 0.379 e. The Hall–Kier alpha value is -2.63. The van der Waals surface area contributed by atoms with Crippen molar-refractivity contribution < 1.29 is 0 Å². The van der Waals surface area contributed by atoms with Gasteiger partial charge in [0.15, 0.2) is 0 Å². The molecule has 6 nitrogen and oxygen atoms in total. The van der Waals surface area contributed by atoms with Crippen LogP contribution >= 0.6 is 0 Å². The van der Waals surface area contributed by atoms with Crippen LogP contribution in [0.5, 0.6) is 0 Å². The van der Waals surface area contributed by atoms with E-state index >= 15 is 0 Å². The molecule has 0 saturated carbocycles. The SMILES string of the molecule is Cc1cc(CNc2ccccc2-n2cnnn2)c(C)n1C. The summed E-state index contributed by atoms with van der Waals surface area (Å²) in [5.41, 5.74) is 5.78. The van der Waals surface area contributed by atoms with E-state index in [9.17, 15) is 0 Å². The number of para-hydroxylation sites is 2. The van der Waals surface area contributed by atoms with Crippen molar-refractivity contribution >= 4 is 5.69 Å². The number of nitrogens with one attached hydrogen (secondary N) is 1. The summed E-state index contributed by atoms with van der Waals surface area (Å²) in [7, 11) is 2.09. The van der Waals surface area contributed by atoms with Crippen molar-refractivity contribution in [1.82, 2.24) is 24.8 Å². The van der Waals surface area contributed by atoms with Crippen LogP contribution in [0.15, 0.2) is 36.7 Å². The lowest BCUT2D eigenvalue weighted by molar-refractivity contribution is 0.789. The van der Waals surface area contributed by atoms with Crippen LogP contribution in [-0.2, 0) is 13.6 Å². The molecule has 1 aromatic carbocycles. The monoisotopic (exact) mass is 282 g/mol. The molecule has 3 aromatic rings. The average molecular weight is 282 g/mol. The minimum absolute atomic E-state index is 0.770. The summed E-state index contributed by atoms with van der Waals surface area (Å²) < 4.78 is 3.86. The zero-order chi connectivity index (χ0) is 14.8. The quantitative estimate of drug-likeness (QED) is 0.797. The van der Waals surface area contributed by atoms with Crippen molar-refractivity contribution in [2.45, 2.75) is 20.4 Å². The smallest absolute Gasteiger partial charge is 0.143 e. The summed E-state index contributed by atoms with van der Waals surface area (Å²) in [6.45, 7) is 5.02. The highest BCUT2D eigenvalue weighted by molar-refractivity contribution is 5.60. The van der Waals surface area contributed by atoms with Crippen LogP contribution in [0, 0.1) is 13.8 Å². The second-order valence-electron chi connectivity index (χ2n) is 5.08. The van der Waals surface area contributed by atoms with E-state index in [0.717, 1.165) is 17.9 Å². The molecule has 0 aliphatic heterocycles. The van der Waals surface area contributed by atoms with Gasteiger partial charge in [-0.05, 0) is 48.0 Å². The van der Waals surface area contributed by atoms with Gasteiger partial charge < -0.3 is 9.88 Å². The molecule has 0 unspecified atom stereocenters. The van der Waals surface area contributed by atoms with Gasteiger partial charge in [0.2, 0.25) is 0 Å². The van der Waals surface area contributed by atoms with E-state index in [1.54, 1.807) is 11.0 Å². The molecule has 0 spiro atoms. The van der Waals surface area contributed by atoms with Crippen molar-refractivity contribution in [3.63, 3.8) is 0 Å². The van der Waals surface area contributed by atoms with E-state index in [1.165, 1.54) is 17.0 Å². The molecule has 0 amide bonds. The van der Waals surface area contributed by atoms with Gasteiger partial charge in [0.1, 0.15) is 6.33 Å². The molecule has 2 aromatic heterocycles. The van der Waals surface area contributed by atoms with Crippen LogP contribution in [-0.4, -0.2) is 24.8 Å². The fourth-order valence-corrected chi connectivity index (χ4v) is 2.40. The van der Waals surface area contributed by atoms with Gasteiger partial charge in [-0.3, -0.25) is 0 Å². The van der Waals surface area contributed by atoms with Gasteiger partial charge in [0.25, 0.3) is 0 Å². The number of rotatable bonds is 4. The molecular weight excluding hydrogens is 264 g/mol. The van der Waals surface area contributed by atoms with Crippen LogP contribution in [0.4, 0.5) is 5.69 Å². The minimum Gasteiger partial charge on any atom is -0.379 e. The Labute approximate surface area is 123 Å². The predicted molar refractivity (Wildman–Crippen MR) is 81.4 cm³/mol. The van der Waals surface area contributed by atoms with Crippen LogP contribution in [0.1, 0.15) is 17.0 Å². The number of hydrogen-bond donors (Lipinski definition) is 1. The van der Waals surface area contributed by atoms with Crippen LogP contribution < -0.4 is 5.32 Å². The molecule has 108 valence electrons. The standard InChI is InChI=1S/C15H18N6/c1-11-8-13(12(2)20(11)3)9-16-14-6-4-5-7-15(14)21-10-17-18-19-21/h4-8,10,16H,9H2,1-3H3. The molecule has 3 rings (SSSR count). The summed E-state index contributed by atoms with van der Waals surface area (Å²) in [6.07, 6.45) is 1.60. The molecule has 0 atom stereocenters. The van der Waals surface area contributed by atoms with Gasteiger partial charge in [-0.2, -0.15) is 4.68 Å². The maximum absolute atomic E-state index is 3.95. The average Bonchev–Trinajstić information content (AvgIpc) is 3.11. The molecule has 0 fully saturated rings. The first-order chi connectivity index (χ1) is 10.2. The summed E-state index contributed by atoms with van der Waals surface area (Å²) in [4.78, 5) is 0. The minimum atomic E-state index is 0.770. The molecule has 0 aliphatic rings. The van der Waals surface area contributed by atoms with Gasteiger partial charge in [-0.1, -0.05) is 12.1 Å². The van der Waals surface area contributed by atoms with Gasteiger partial charge in [0.05, 0.1) is 11.4 Å². The lowest BCUT2D eigenvalue weighted by atomic mass is 10.2. The highest BCUT2D eigenvalue weighted by Crippen LogP contribution is 2.21. The number of hydrogen-bond acceptors (Lipinski definition) is 4. The highest BCUT2D eigenvalue weighted by Gasteiger charge is 2.08. The fourth-order valence-electron chi connectivity index (χ4n) is 2.40. The predicted octanol–water partition coefficient (Wildman–Crippen LogP) is 2.23. The first-order valence-electron chi connectivity index (χ1n) is 6.85. The number of nitrogens with zero attached hydrogens (tertiary/aromatic N) is 5. The second-order valence-corrected chi connectivity index (χ2v) is 5.08. The molecule has 0 aliphatic carbocycles. The van der Waals surface area contributed by atoms with Gasteiger partial charge in [0, 0.05) is 25.0 Å². The second kappa shape index (κ2) is 5.40. The maximum atomic E-state index is 3.95. The molecule has 2 heterocycles. The summed E-state index contributed by atoms with van der Waals surface area (Å²) >= 11 is 0. The van der Waals surface area contributed by atoms with Crippen LogP contribution in [0.3, 0.4) is 0 Å². The molecule has 1 N–H and O–H groups in total. The van der Waals surface area contributed by atoms with Crippen molar-refractivity contribution in [2.24, 2.45) is 7.05 Å². The Morgan fingerprint density at radius 1 is 1.19 bits per heavy atom. The Morgan fingerprint density at radius 2 is 2.00 bits per heavy atom. The van der Waals surface area contributed by atoms with Crippen LogP contribution in [0.25, 0.3) is 5.69 Å². The van der Waals surface area contributed by atoms with Crippen molar-refractivity contribution in [3.05, 3.63) is 53.6 Å². The van der Waals surface area contributed by atoms with Crippen molar-refractivity contribution in [3.8, 4) is 5.69 Å². The molecular formula is C15H18N6. The number of benzene rings is 1. The zero-order valence-electron chi connectivity index (χ0n) is 12.4. The normalized spacial score (nSPS) is 10.8. The third-order valence-electron chi connectivity index (χ3n) is 3.85. The van der Waals surface area contributed by atoms with Gasteiger partial charge >= 0.3 is 0 Å². The Bertz CT molecular complexity index is 742. The van der Waals surface area contributed by atoms with Crippen molar-refractivity contribution in [1.29, 1.82) is 0 Å². The van der Waals surface area contributed by atoms with E-state index in [1.807, 2.05) is 24.3 Å². The van der Waals surface area contributed by atoms with E-state index in [4.69, 9.17) is 0 Å². The van der Waals surface area contributed by atoms with Gasteiger partial charge in [-0.25, -0.2) is 0 Å². The van der Waals surface area contributed by atoms with E-state index in [0.29, 0.717) is 0 Å². The summed E-state index contributed by atoms with van der Waals surface area (Å²) in [6, 6.07) is 10.2.